The molecule has 0 aromatic heterocycles. The Balaban J connectivity index is 2.60. The minimum atomic E-state index is 0.178. The van der Waals surface area contributed by atoms with Crippen LogP contribution in [0.15, 0.2) is 0 Å². The first kappa shape index (κ1) is 12.5. The highest BCUT2D eigenvalue weighted by Crippen LogP contribution is 2.22. The van der Waals surface area contributed by atoms with Crippen molar-refractivity contribution in [1.29, 1.82) is 0 Å². The van der Waals surface area contributed by atoms with Crippen molar-refractivity contribution in [2.75, 3.05) is 7.05 Å². The largest absolute Gasteiger partial charge is 0.341 e. The van der Waals surface area contributed by atoms with Crippen LogP contribution < -0.4 is 5.32 Å². The maximum Gasteiger partial charge on any atom is 0.219 e. The Labute approximate surface area is 93.2 Å². The summed E-state index contributed by atoms with van der Waals surface area (Å²) >= 11 is 0. The van der Waals surface area contributed by atoms with Gasteiger partial charge in [0.2, 0.25) is 5.91 Å². The number of nitrogens with one attached hydrogen (secondary N) is 1. The summed E-state index contributed by atoms with van der Waals surface area (Å²) < 4.78 is 0. The lowest BCUT2D eigenvalue weighted by atomic mass is 9.89. The Morgan fingerprint density at radius 2 is 1.93 bits per heavy atom. The van der Waals surface area contributed by atoms with Crippen LogP contribution in [0, 0.1) is 0 Å². The molecule has 3 heteroatoms. The zero-order chi connectivity index (χ0) is 11.4. The van der Waals surface area contributed by atoms with Gasteiger partial charge in [-0.2, -0.15) is 0 Å². The minimum absolute atomic E-state index is 0.178. The van der Waals surface area contributed by atoms with Gasteiger partial charge >= 0.3 is 0 Å². The van der Waals surface area contributed by atoms with E-state index in [1.54, 1.807) is 6.92 Å². The first-order chi connectivity index (χ1) is 7.02. The molecule has 0 bridgehead atoms. The van der Waals surface area contributed by atoms with E-state index in [2.05, 4.69) is 19.2 Å². The monoisotopic (exact) mass is 212 g/mol. The molecular formula is C12H24N2O. The van der Waals surface area contributed by atoms with Crippen molar-refractivity contribution in [3.63, 3.8) is 0 Å². The Kier molecular flexibility index (Phi) is 4.58. The number of carbonyl (C=O) groups excluding carboxylic acids is 1. The van der Waals surface area contributed by atoms with Crippen molar-refractivity contribution >= 4 is 5.91 Å². The maximum absolute atomic E-state index is 11.4. The Bertz CT molecular complexity index is 216. The molecule has 1 aliphatic rings. The van der Waals surface area contributed by atoms with Gasteiger partial charge in [0.15, 0.2) is 0 Å². The van der Waals surface area contributed by atoms with Crippen LogP contribution in [0.4, 0.5) is 0 Å². The summed E-state index contributed by atoms with van der Waals surface area (Å²) in [5, 5.41) is 3.57. The average molecular weight is 212 g/mol. The molecule has 1 amide bonds. The SMILES string of the molecule is CC(=O)N(C)[C@H]1CCCC[C@@H]1NC(C)C. The van der Waals surface area contributed by atoms with E-state index in [-0.39, 0.29) is 5.91 Å². The molecule has 0 aromatic carbocycles. The Hall–Kier alpha value is -0.570. The summed E-state index contributed by atoms with van der Waals surface area (Å²) in [5.74, 6) is 0.178. The average Bonchev–Trinajstić information content (AvgIpc) is 2.16. The highest BCUT2D eigenvalue weighted by Gasteiger charge is 2.29. The number of carbonyl (C=O) groups is 1. The predicted octanol–water partition coefficient (Wildman–Crippen LogP) is 1.77. The molecule has 0 spiro atoms. The lowest BCUT2D eigenvalue weighted by Gasteiger charge is -2.39. The fourth-order valence-corrected chi connectivity index (χ4v) is 2.43. The number of rotatable bonds is 3. The topological polar surface area (TPSA) is 32.3 Å². The van der Waals surface area contributed by atoms with Crippen molar-refractivity contribution in [1.82, 2.24) is 10.2 Å². The van der Waals surface area contributed by atoms with E-state index in [1.807, 2.05) is 11.9 Å². The van der Waals surface area contributed by atoms with Crippen LogP contribution in [0.2, 0.25) is 0 Å². The zero-order valence-corrected chi connectivity index (χ0v) is 10.4. The Morgan fingerprint density at radius 3 is 2.47 bits per heavy atom. The van der Waals surface area contributed by atoms with Gasteiger partial charge in [0.1, 0.15) is 0 Å². The van der Waals surface area contributed by atoms with E-state index in [1.165, 1.54) is 19.3 Å². The molecule has 88 valence electrons. The third-order valence-electron chi connectivity index (χ3n) is 3.27. The van der Waals surface area contributed by atoms with E-state index in [0.29, 0.717) is 18.1 Å². The van der Waals surface area contributed by atoms with Crippen LogP contribution >= 0.6 is 0 Å². The van der Waals surface area contributed by atoms with Crippen LogP contribution in [0.5, 0.6) is 0 Å². The predicted molar refractivity (Wildman–Crippen MR) is 62.8 cm³/mol. The van der Waals surface area contributed by atoms with Crippen LogP contribution in [0.3, 0.4) is 0 Å². The first-order valence-corrected chi connectivity index (χ1v) is 6.02. The molecule has 15 heavy (non-hydrogen) atoms. The molecule has 0 heterocycles. The molecule has 1 fully saturated rings. The van der Waals surface area contributed by atoms with Gasteiger partial charge in [0, 0.05) is 32.1 Å². The highest BCUT2D eigenvalue weighted by molar-refractivity contribution is 5.73. The summed E-state index contributed by atoms with van der Waals surface area (Å²) in [5.41, 5.74) is 0. The fourth-order valence-electron chi connectivity index (χ4n) is 2.43. The molecule has 0 unspecified atom stereocenters. The second-order valence-electron chi connectivity index (χ2n) is 4.91. The second kappa shape index (κ2) is 5.50. The number of hydrogen-bond acceptors (Lipinski definition) is 2. The molecule has 1 rings (SSSR count). The lowest BCUT2D eigenvalue weighted by Crippen LogP contribution is -2.53. The lowest BCUT2D eigenvalue weighted by molar-refractivity contribution is -0.130. The van der Waals surface area contributed by atoms with E-state index < -0.39 is 0 Å². The molecule has 1 N–H and O–H groups in total. The van der Waals surface area contributed by atoms with Crippen molar-refractivity contribution in [3.8, 4) is 0 Å². The number of hydrogen-bond donors (Lipinski definition) is 1. The van der Waals surface area contributed by atoms with E-state index in [9.17, 15) is 4.79 Å². The van der Waals surface area contributed by atoms with Crippen LogP contribution in [0.1, 0.15) is 46.5 Å². The highest BCUT2D eigenvalue weighted by atomic mass is 16.2. The van der Waals surface area contributed by atoms with Gasteiger partial charge in [0.25, 0.3) is 0 Å². The molecule has 2 atom stereocenters. The third kappa shape index (κ3) is 3.49. The first-order valence-electron chi connectivity index (χ1n) is 6.02. The third-order valence-corrected chi connectivity index (χ3v) is 3.27. The normalized spacial score (nSPS) is 26.7. The van der Waals surface area contributed by atoms with Gasteiger partial charge in [-0.1, -0.05) is 26.7 Å². The molecule has 1 aliphatic carbocycles. The molecule has 3 nitrogen and oxygen atoms in total. The van der Waals surface area contributed by atoms with Crippen LogP contribution in [0.25, 0.3) is 0 Å². The zero-order valence-electron chi connectivity index (χ0n) is 10.4. The van der Waals surface area contributed by atoms with E-state index >= 15 is 0 Å². The van der Waals surface area contributed by atoms with Crippen LogP contribution in [-0.2, 0) is 4.79 Å². The van der Waals surface area contributed by atoms with E-state index in [4.69, 9.17) is 0 Å². The van der Waals surface area contributed by atoms with Gasteiger partial charge in [-0.05, 0) is 12.8 Å². The van der Waals surface area contributed by atoms with Gasteiger partial charge in [-0.25, -0.2) is 0 Å². The summed E-state index contributed by atoms with van der Waals surface area (Å²) in [4.78, 5) is 13.3. The maximum atomic E-state index is 11.4. The summed E-state index contributed by atoms with van der Waals surface area (Å²) in [6.07, 6.45) is 4.87. The summed E-state index contributed by atoms with van der Waals surface area (Å²) in [7, 11) is 1.92. The standard InChI is InChI=1S/C12H24N2O/c1-9(2)13-11-7-5-6-8-12(11)14(4)10(3)15/h9,11-13H,5-8H2,1-4H3/t11-,12-/m0/s1. The molecule has 0 radical (unpaired) electrons. The van der Waals surface area contributed by atoms with Gasteiger partial charge < -0.3 is 10.2 Å². The molecule has 0 aliphatic heterocycles. The minimum Gasteiger partial charge on any atom is -0.341 e. The van der Waals surface area contributed by atoms with Crippen molar-refractivity contribution in [2.24, 2.45) is 0 Å². The molecule has 1 saturated carbocycles. The molecule has 0 saturated heterocycles. The number of nitrogens with zero attached hydrogens (tertiary/aromatic N) is 1. The van der Waals surface area contributed by atoms with Gasteiger partial charge in [-0.15, -0.1) is 0 Å². The van der Waals surface area contributed by atoms with Crippen LogP contribution in [-0.4, -0.2) is 36.0 Å². The van der Waals surface area contributed by atoms with Crippen molar-refractivity contribution in [3.05, 3.63) is 0 Å². The van der Waals surface area contributed by atoms with Crippen molar-refractivity contribution < 1.29 is 4.79 Å². The van der Waals surface area contributed by atoms with Gasteiger partial charge in [0.05, 0.1) is 0 Å². The summed E-state index contributed by atoms with van der Waals surface area (Å²) in [6, 6.07) is 1.36. The smallest absolute Gasteiger partial charge is 0.219 e. The summed E-state index contributed by atoms with van der Waals surface area (Å²) in [6.45, 7) is 5.99. The quantitative estimate of drug-likeness (QED) is 0.773. The fraction of sp³-hybridized carbons (Fsp3) is 0.917. The van der Waals surface area contributed by atoms with Crippen molar-refractivity contribution in [2.45, 2.75) is 64.6 Å². The second-order valence-corrected chi connectivity index (χ2v) is 4.91. The number of likely N-dealkylation sites (N-methyl/N-ethyl adjacent to an activating group) is 1. The number of amides is 1. The van der Waals surface area contributed by atoms with Gasteiger partial charge in [-0.3, -0.25) is 4.79 Å². The Morgan fingerprint density at radius 1 is 1.33 bits per heavy atom. The molecular weight excluding hydrogens is 188 g/mol. The molecule has 0 aromatic rings. The van der Waals surface area contributed by atoms with E-state index in [0.717, 1.165) is 6.42 Å².